The van der Waals surface area contributed by atoms with Crippen molar-refractivity contribution in [3.05, 3.63) is 77.4 Å². The van der Waals surface area contributed by atoms with E-state index < -0.39 is 17.8 Å². The molecule has 148 valence electrons. The minimum absolute atomic E-state index is 0.118. The van der Waals surface area contributed by atoms with Crippen LogP contribution in [0.5, 0.6) is 0 Å². The number of aliphatic hydroxyl groups is 1. The lowest BCUT2D eigenvalue weighted by atomic mass is 10.0. The molecule has 1 aromatic heterocycles. The van der Waals surface area contributed by atoms with E-state index in [2.05, 4.69) is 15.3 Å². The molecular formula is C22H21FN4O2. The molecule has 1 heterocycles. The highest BCUT2D eigenvalue weighted by molar-refractivity contribution is 5.95. The van der Waals surface area contributed by atoms with Crippen LogP contribution in [0, 0.1) is 5.82 Å². The average Bonchev–Trinajstić information content (AvgIpc) is 3.58. The highest BCUT2D eigenvalue weighted by Crippen LogP contribution is 2.39. The Labute approximate surface area is 167 Å². The van der Waals surface area contributed by atoms with Gasteiger partial charge in [0.15, 0.2) is 0 Å². The van der Waals surface area contributed by atoms with E-state index >= 15 is 0 Å². The maximum absolute atomic E-state index is 14.7. The highest BCUT2D eigenvalue weighted by Gasteiger charge is 2.26. The van der Waals surface area contributed by atoms with E-state index in [4.69, 9.17) is 5.73 Å². The summed E-state index contributed by atoms with van der Waals surface area (Å²) in [5, 5.41) is 12.3. The second-order valence-electron chi connectivity index (χ2n) is 7.12. The van der Waals surface area contributed by atoms with Crippen molar-refractivity contribution in [2.45, 2.75) is 24.8 Å². The van der Waals surface area contributed by atoms with Crippen LogP contribution in [-0.2, 0) is 0 Å². The number of nitrogens with one attached hydrogen (secondary N) is 1. The third-order valence-electron chi connectivity index (χ3n) is 4.99. The number of nitrogens with two attached hydrogens (primary N) is 1. The summed E-state index contributed by atoms with van der Waals surface area (Å²) in [4.78, 5) is 21.3. The fourth-order valence-electron chi connectivity index (χ4n) is 3.20. The topological polar surface area (TPSA) is 101 Å². The zero-order valence-corrected chi connectivity index (χ0v) is 15.7. The normalized spacial score (nSPS) is 14.4. The Morgan fingerprint density at radius 3 is 2.66 bits per heavy atom. The number of carbonyl (C=O) groups is 1. The van der Waals surface area contributed by atoms with Crippen LogP contribution in [0.15, 0.2) is 54.7 Å². The van der Waals surface area contributed by atoms with E-state index in [0.29, 0.717) is 17.2 Å². The average molecular weight is 392 g/mol. The van der Waals surface area contributed by atoms with Gasteiger partial charge in [-0.1, -0.05) is 36.4 Å². The molecule has 1 atom stereocenters. The first-order valence-electron chi connectivity index (χ1n) is 9.46. The Balaban J connectivity index is 1.57. The van der Waals surface area contributed by atoms with Gasteiger partial charge in [-0.25, -0.2) is 14.4 Å². The molecule has 1 aliphatic carbocycles. The van der Waals surface area contributed by atoms with Crippen molar-refractivity contribution in [2.24, 2.45) is 0 Å². The first-order chi connectivity index (χ1) is 14.1. The number of amides is 1. The van der Waals surface area contributed by atoms with Gasteiger partial charge in [0.25, 0.3) is 5.91 Å². The molecule has 2 aromatic carbocycles. The fraction of sp³-hybridized carbons (Fsp3) is 0.227. The van der Waals surface area contributed by atoms with Crippen LogP contribution in [0.4, 0.5) is 10.2 Å². The Morgan fingerprint density at radius 1 is 1.24 bits per heavy atom. The molecule has 3 aromatic rings. The van der Waals surface area contributed by atoms with Gasteiger partial charge in [0.2, 0.25) is 0 Å². The van der Waals surface area contributed by atoms with Crippen LogP contribution in [0.25, 0.3) is 11.3 Å². The van der Waals surface area contributed by atoms with Crippen molar-refractivity contribution >= 4 is 11.7 Å². The Bertz CT molecular complexity index is 1040. The molecule has 0 bridgehead atoms. The quantitative estimate of drug-likeness (QED) is 0.598. The summed E-state index contributed by atoms with van der Waals surface area (Å²) in [6.07, 6.45) is 3.80. The lowest BCUT2D eigenvalue weighted by Gasteiger charge is -2.17. The summed E-state index contributed by atoms with van der Waals surface area (Å²) in [5.74, 6) is -0.689. The van der Waals surface area contributed by atoms with Crippen LogP contribution in [0.1, 0.15) is 46.4 Å². The van der Waals surface area contributed by atoms with Crippen LogP contribution in [-0.4, -0.2) is 27.6 Å². The van der Waals surface area contributed by atoms with Gasteiger partial charge in [-0.3, -0.25) is 4.79 Å². The SMILES string of the molecule is Nc1ncc(C2CC2)nc1-c1ccc(C(=O)N[C@H](CO)c2ccccc2)c(F)c1. The molecule has 1 fully saturated rings. The molecule has 1 aliphatic rings. The molecule has 0 spiro atoms. The third kappa shape index (κ3) is 4.09. The molecule has 1 saturated carbocycles. The summed E-state index contributed by atoms with van der Waals surface area (Å²) in [5.41, 5.74) is 8.29. The number of nitrogen functional groups attached to an aromatic ring is 1. The van der Waals surface area contributed by atoms with Crippen LogP contribution >= 0.6 is 0 Å². The number of benzene rings is 2. The second-order valence-corrected chi connectivity index (χ2v) is 7.12. The summed E-state index contributed by atoms with van der Waals surface area (Å²) < 4.78 is 14.7. The zero-order valence-electron chi connectivity index (χ0n) is 15.7. The first-order valence-corrected chi connectivity index (χ1v) is 9.46. The summed E-state index contributed by atoms with van der Waals surface area (Å²) >= 11 is 0. The van der Waals surface area contributed by atoms with Crippen LogP contribution < -0.4 is 11.1 Å². The molecule has 29 heavy (non-hydrogen) atoms. The number of rotatable bonds is 6. The van der Waals surface area contributed by atoms with Crippen molar-refractivity contribution in [3.63, 3.8) is 0 Å². The number of halogens is 1. The minimum atomic E-state index is -0.692. The highest BCUT2D eigenvalue weighted by atomic mass is 19.1. The number of hydrogen-bond donors (Lipinski definition) is 3. The Kier molecular flexibility index (Phi) is 5.22. The summed E-state index contributed by atoms with van der Waals surface area (Å²) in [6, 6.07) is 12.6. The number of nitrogens with zero attached hydrogens (tertiary/aromatic N) is 2. The van der Waals surface area contributed by atoms with E-state index in [1.165, 1.54) is 12.1 Å². The number of aromatic nitrogens is 2. The minimum Gasteiger partial charge on any atom is -0.394 e. The van der Waals surface area contributed by atoms with E-state index in [1.807, 2.05) is 6.07 Å². The van der Waals surface area contributed by atoms with E-state index in [-0.39, 0.29) is 18.0 Å². The predicted molar refractivity (Wildman–Crippen MR) is 108 cm³/mol. The van der Waals surface area contributed by atoms with Crippen molar-refractivity contribution < 1.29 is 14.3 Å². The van der Waals surface area contributed by atoms with Crippen molar-refractivity contribution in [2.75, 3.05) is 12.3 Å². The van der Waals surface area contributed by atoms with Crippen molar-refractivity contribution in [1.29, 1.82) is 0 Å². The smallest absolute Gasteiger partial charge is 0.254 e. The molecule has 4 N–H and O–H groups in total. The molecule has 0 radical (unpaired) electrons. The van der Waals surface area contributed by atoms with Crippen LogP contribution in [0.2, 0.25) is 0 Å². The Hall–Kier alpha value is -3.32. The van der Waals surface area contributed by atoms with Crippen LogP contribution in [0.3, 0.4) is 0 Å². The summed E-state index contributed by atoms with van der Waals surface area (Å²) in [6.45, 7) is -0.296. The monoisotopic (exact) mass is 392 g/mol. The van der Waals surface area contributed by atoms with Gasteiger partial charge in [-0.2, -0.15) is 0 Å². The van der Waals surface area contributed by atoms with Gasteiger partial charge >= 0.3 is 0 Å². The van der Waals surface area contributed by atoms with Gasteiger partial charge in [0.05, 0.1) is 30.1 Å². The lowest BCUT2D eigenvalue weighted by molar-refractivity contribution is 0.0912. The number of hydrogen-bond acceptors (Lipinski definition) is 5. The zero-order chi connectivity index (χ0) is 20.4. The van der Waals surface area contributed by atoms with E-state index in [9.17, 15) is 14.3 Å². The number of anilines is 1. The molecule has 0 unspecified atom stereocenters. The van der Waals surface area contributed by atoms with E-state index in [1.54, 1.807) is 36.5 Å². The predicted octanol–water partition coefficient (Wildman–Crippen LogP) is 3.21. The Morgan fingerprint density at radius 2 is 2.00 bits per heavy atom. The third-order valence-corrected chi connectivity index (χ3v) is 4.99. The molecular weight excluding hydrogens is 371 g/mol. The number of carbonyl (C=O) groups excluding carboxylic acids is 1. The first kappa shape index (κ1) is 19.0. The maximum atomic E-state index is 14.7. The molecule has 6 nitrogen and oxygen atoms in total. The molecule has 0 aliphatic heterocycles. The van der Waals surface area contributed by atoms with Crippen molar-refractivity contribution in [1.82, 2.24) is 15.3 Å². The second kappa shape index (κ2) is 7.97. The van der Waals surface area contributed by atoms with Gasteiger partial charge in [0.1, 0.15) is 17.3 Å². The maximum Gasteiger partial charge on any atom is 0.254 e. The van der Waals surface area contributed by atoms with Crippen molar-refractivity contribution in [3.8, 4) is 11.3 Å². The van der Waals surface area contributed by atoms with Gasteiger partial charge < -0.3 is 16.2 Å². The molecule has 4 rings (SSSR count). The largest absolute Gasteiger partial charge is 0.394 e. The molecule has 7 heteroatoms. The fourth-order valence-corrected chi connectivity index (χ4v) is 3.20. The lowest BCUT2D eigenvalue weighted by Crippen LogP contribution is -2.31. The standard InChI is InChI=1S/C22H21FN4O2/c23-17-10-15(20-21(24)25-11-18(26-20)14-6-7-14)8-9-16(17)22(29)27-19(12-28)13-4-2-1-3-5-13/h1-5,8-11,14,19,28H,6-7,12H2,(H2,24,25)(H,27,29)/t19-/m1/s1. The van der Waals surface area contributed by atoms with Gasteiger partial charge in [-0.05, 0) is 30.5 Å². The molecule has 0 saturated heterocycles. The summed E-state index contributed by atoms with van der Waals surface area (Å²) in [7, 11) is 0. The van der Waals surface area contributed by atoms with Gasteiger partial charge in [-0.15, -0.1) is 0 Å². The van der Waals surface area contributed by atoms with E-state index in [0.717, 1.165) is 24.1 Å². The van der Waals surface area contributed by atoms with Gasteiger partial charge in [0, 0.05) is 11.5 Å². The molecule has 1 amide bonds. The number of aliphatic hydroxyl groups excluding tert-OH is 1.